The van der Waals surface area contributed by atoms with Crippen LogP contribution in [-0.4, -0.2) is 15.5 Å². The molecule has 2 rings (SSSR count). The summed E-state index contributed by atoms with van der Waals surface area (Å²) in [6.07, 6.45) is 0. The maximum atomic E-state index is 11.4. The fraction of sp³-hybridized carbons (Fsp3) is 0.111. The van der Waals surface area contributed by atoms with Gasteiger partial charge in [0, 0.05) is 5.69 Å². The molecule has 0 aliphatic rings. The molecule has 0 atom stereocenters. The summed E-state index contributed by atoms with van der Waals surface area (Å²) in [6.45, 7) is -0.136. The molecule has 0 aliphatic carbocycles. The topological polar surface area (TPSA) is 107 Å². The van der Waals surface area contributed by atoms with E-state index in [-0.39, 0.29) is 12.2 Å². The summed E-state index contributed by atoms with van der Waals surface area (Å²) in [4.78, 5) is 24.8. The van der Waals surface area contributed by atoms with Crippen LogP contribution < -0.4 is 17.2 Å². The minimum atomic E-state index is -0.560. The molecule has 1 amide bonds. The number of primary amides is 1. The number of hydrogen-bond donors (Lipinski definition) is 3. The van der Waals surface area contributed by atoms with Gasteiger partial charge in [0.15, 0.2) is 0 Å². The fourth-order valence-corrected chi connectivity index (χ4v) is 1.49. The van der Waals surface area contributed by atoms with E-state index in [0.29, 0.717) is 16.7 Å². The molecule has 0 aliphatic heterocycles. The highest BCUT2D eigenvalue weighted by Crippen LogP contribution is 2.13. The fourth-order valence-electron chi connectivity index (χ4n) is 1.49. The van der Waals surface area contributed by atoms with Crippen LogP contribution in [0.5, 0.6) is 0 Å². The Balaban J connectivity index is 2.68. The number of fused-ring (bicyclic) bond motifs is 1. The summed E-state index contributed by atoms with van der Waals surface area (Å²) in [5.41, 5.74) is 12.0. The molecule has 78 valence electrons. The van der Waals surface area contributed by atoms with Gasteiger partial charge < -0.3 is 16.5 Å². The van der Waals surface area contributed by atoms with Crippen LogP contribution >= 0.6 is 0 Å². The Labute approximate surface area is 84.5 Å². The van der Waals surface area contributed by atoms with Crippen molar-refractivity contribution in [2.24, 2.45) is 5.73 Å². The summed E-state index contributed by atoms with van der Waals surface area (Å²) >= 11 is 0. The van der Waals surface area contributed by atoms with Gasteiger partial charge in [0.1, 0.15) is 6.54 Å². The highest BCUT2D eigenvalue weighted by Gasteiger charge is 2.08. The normalized spacial score (nSPS) is 10.7. The number of aromatic nitrogens is 2. The number of nitrogen functional groups attached to an aromatic ring is 1. The molecule has 0 unspecified atom stereocenters. The van der Waals surface area contributed by atoms with Crippen LogP contribution in [0.25, 0.3) is 11.0 Å². The predicted octanol–water partition coefficient (Wildman–Crippen LogP) is -0.603. The van der Waals surface area contributed by atoms with Gasteiger partial charge >= 0.3 is 5.69 Å². The number of nitrogens with zero attached hydrogens (tertiary/aromatic N) is 1. The predicted molar refractivity (Wildman–Crippen MR) is 56.2 cm³/mol. The van der Waals surface area contributed by atoms with Crippen LogP contribution in [0.15, 0.2) is 23.0 Å². The van der Waals surface area contributed by atoms with E-state index in [9.17, 15) is 9.59 Å². The van der Waals surface area contributed by atoms with E-state index >= 15 is 0 Å². The standard InChI is InChI=1S/C9H10N4O2/c10-5-1-2-7-6(3-5)12-9(15)13(7)4-8(11)14/h1-3H,4,10H2,(H2,11,14)(H,12,15). The molecule has 1 heterocycles. The van der Waals surface area contributed by atoms with E-state index in [1.807, 2.05) is 0 Å². The zero-order valence-electron chi connectivity index (χ0n) is 7.86. The van der Waals surface area contributed by atoms with Crippen molar-refractivity contribution in [3.63, 3.8) is 0 Å². The number of rotatable bonds is 2. The summed E-state index contributed by atoms with van der Waals surface area (Å²) in [5.74, 6) is -0.560. The first-order chi connectivity index (χ1) is 7.08. The number of nitrogens with two attached hydrogens (primary N) is 2. The average Bonchev–Trinajstić information content (AvgIpc) is 2.41. The van der Waals surface area contributed by atoms with Crippen molar-refractivity contribution in [3.05, 3.63) is 28.7 Å². The Bertz CT molecular complexity index is 581. The van der Waals surface area contributed by atoms with E-state index in [4.69, 9.17) is 11.5 Å². The minimum Gasteiger partial charge on any atom is -0.399 e. The molecule has 6 nitrogen and oxygen atoms in total. The van der Waals surface area contributed by atoms with Gasteiger partial charge in [-0.05, 0) is 18.2 Å². The molecule has 1 aromatic heterocycles. The quantitative estimate of drug-likeness (QED) is 0.571. The van der Waals surface area contributed by atoms with E-state index in [1.54, 1.807) is 18.2 Å². The molecule has 0 bridgehead atoms. The lowest BCUT2D eigenvalue weighted by atomic mass is 10.3. The monoisotopic (exact) mass is 206 g/mol. The lowest BCUT2D eigenvalue weighted by molar-refractivity contribution is -0.118. The molecule has 0 saturated carbocycles. The SMILES string of the molecule is NC(=O)Cn1c(=O)[nH]c2cc(N)ccc21. The number of carbonyl (C=O) groups is 1. The van der Waals surface area contributed by atoms with Gasteiger partial charge in [0.25, 0.3) is 0 Å². The minimum absolute atomic E-state index is 0.136. The lowest BCUT2D eigenvalue weighted by Crippen LogP contribution is -2.26. The van der Waals surface area contributed by atoms with Crippen molar-refractivity contribution < 1.29 is 4.79 Å². The van der Waals surface area contributed by atoms with E-state index in [2.05, 4.69) is 4.98 Å². The average molecular weight is 206 g/mol. The van der Waals surface area contributed by atoms with Crippen LogP contribution in [-0.2, 0) is 11.3 Å². The molecule has 0 fully saturated rings. The molecule has 0 radical (unpaired) electrons. The molecular weight excluding hydrogens is 196 g/mol. The number of amides is 1. The molecular formula is C9H10N4O2. The van der Waals surface area contributed by atoms with Gasteiger partial charge in [-0.1, -0.05) is 0 Å². The summed E-state index contributed by atoms with van der Waals surface area (Å²) in [7, 11) is 0. The zero-order valence-corrected chi connectivity index (χ0v) is 7.86. The van der Waals surface area contributed by atoms with E-state index in [0.717, 1.165) is 0 Å². The second kappa shape index (κ2) is 3.16. The Morgan fingerprint density at radius 3 is 2.87 bits per heavy atom. The second-order valence-corrected chi connectivity index (χ2v) is 3.26. The molecule has 5 N–H and O–H groups in total. The number of anilines is 1. The van der Waals surface area contributed by atoms with Crippen LogP contribution in [0.1, 0.15) is 0 Å². The number of aromatic amines is 1. The van der Waals surface area contributed by atoms with Crippen molar-refractivity contribution in [1.29, 1.82) is 0 Å². The summed E-state index contributed by atoms with van der Waals surface area (Å²) < 4.78 is 1.27. The lowest BCUT2D eigenvalue weighted by Gasteiger charge is -1.99. The number of hydrogen-bond acceptors (Lipinski definition) is 3. The molecule has 6 heteroatoms. The Kier molecular flexibility index (Phi) is 1.96. The van der Waals surface area contributed by atoms with Crippen molar-refractivity contribution in [2.45, 2.75) is 6.54 Å². The Morgan fingerprint density at radius 2 is 2.20 bits per heavy atom. The largest absolute Gasteiger partial charge is 0.399 e. The van der Waals surface area contributed by atoms with Crippen LogP contribution in [0, 0.1) is 0 Å². The maximum absolute atomic E-state index is 11.4. The molecule has 15 heavy (non-hydrogen) atoms. The van der Waals surface area contributed by atoms with Gasteiger partial charge in [0.2, 0.25) is 5.91 Å². The third-order valence-corrected chi connectivity index (χ3v) is 2.11. The number of benzene rings is 1. The first kappa shape index (κ1) is 9.32. The molecule has 0 saturated heterocycles. The second-order valence-electron chi connectivity index (χ2n) is 3.26. The van der Waals surface area contributed by atoms with Crippen LogP contribution in [0.2, 0.25) is 0 Å². The zero-order chi connectivity index (χ0) is 11.0. The number of carbonyl (C=O) groups excluding carboxylic acids is 1. The third kappa shape index (κ3) is 1.56. The first-order valence-electron chi connectivity index (χ1n) is 4.34. The van der Waals surface area contributed by atoms with Crippen molar-refractivity contribution in [2.75, 3.05) is 5.73 Å². The van der Waals surface area contributed by atoms with Gasteiger partial charge in [-0.15, -0.1) is 0 Å². The maximum Gasteiger partial charge on any atom is 0.326 e. The van der Waals surface area contributed by atoms with Crippen molar-refractivity contribution in [3.8, 4) is 0 Å². The highest BCUT2D eigenvalue weighted by molar-refractivity contribution is 5.81. The van der Waals surface area contributed by atoms with Crippen LogP contribution in [0.3, 0.4) is 0 Å². The number of H-pyrrole nitrogens is 1. The molecule has 0 spiro atoms. The van der Waals surface area contributed by atoms with Crippen molar-refractivity contribution >= 4 is 22.6 Å². The van der Waals surface area contributed by atoms with Gasteiger partial charge in [-0.3, -0.25) is 9.36 Å². The Morgan fingerprint density at radius 1 is 1.47 bits per heavy atom. The summed E-state index contributed by atoms with van der Waals surface area (Å²) in [6, 6.07) is 4.97. The van der Waals surface area contributed by atoms with E-state index < -0.39 is 5.91 Å². The third-order valence-electron chi connectivity index (χ3n) is 2.11. The van der Waals surface area contributed by atoms with Crippen molar-refractivity contribution in [1.82, 2.24) is 9.55 Å². The van der Waals surface area contributed by atoms with E-state index in [1.165, 1.54) is 4.57 Å². The smallest absolute Gasteiger partial charge is 0.326 e. The van der Waals surface area contributed by atoms with Gasteiger partial charge in [-0.25, -0.2) is 4.79 Å². The summed E-state index contributed by atoms with van der Waals surface area (Å²) in [5, 5.41) is 0. The number of imidazole rings is 1. The molecule has 1 aromatic carbocycles. The van der Waals surface area contributed by atoms with Crippen LogP contribution in [0.4, 0.5) is 5.69 Å². The molecule has 2 aromatic rings. The Hall–Kier alpha value is -2.24. The number of nitrogens with one attached hydrogen (secondary N) is 1. The van der Waals surface area contributed by atoms with Gasteiger partial charge in [-0.2, -0.15) is 0 Å². The highest BCUT2D eigenvalue weighted by atomic mass is 16.2. The first-order valence-corrected chi connectivity index (χ1v) is 4.34. The van der Waals surface area contributed by atoms with Gasteiger partial charge in [0.05, 0.1) is 11.0 Å².